The van der Waals surface area contributed by atoms with Crippen molar-refractivity contribution in [2.75, 3.05) is 12.0 Å². The summed E-state index contributed by atoms with van der Waals surface area (Å²) in [6.07, 6.45) is 1.55. The molecule has 0 fully saturated rings. The molecule has 2 aromatic carbocycles. The number of aromatic nitrogens is 1. The van der Waals surface area contributed by atoms with Crippen molar-refractivity contribution in [1.29, 1.82) is 0 Å². The average Bonchev–Trinajstić information content (AvgIpc) is 2.70. The first-order valence-corrected chi connectivity index (χ1v) is 8.01. The van der Waals surface area contributed by atoms with Gasteiger partial charge in [0.1, 0.15) is 11.4 Å². The SMILES string of the molecule is O=C(Nc1ccc(OCNC(=O)c2ccccn2)cc1)c1ccccc1. The Morgan fingerprint density at radius 2 is 1.58 bits per heavy atom. The highest BCUT2D eigenvalue weighted by Gasteiger charge is 2.06. The van der Waals surface area contributed by atoms with Gasteiger partial charge in [-0.3, -0.25) is 14.6 Å². The topological polar surface area (TPSA) is 80.3 Å². The lowest BCUT2D eigenvalue weighted by Gasteiger charge is -2.09. The molecule has 0 bridgehead atoms. The Morgan fingerprint density at radius 1 is 0.846 bits per heavy atom. The Morgan fingerprint density at radius 3 is 2.27 bits per heavy atom. The first-order valence-electron chi connectivity index (χ1n) is 8.01. The smallest absolute Gasteiger partial charge is 0.272 e. The fourth-order valence-corrected chi connectivity index (χ4v) is 2.20. The molecule has 0 unspecified atom stereocenters. The van der Waals surface area contributed by atoms with Gasteiger partial charge < -0.3 is 15.4 Å². The summed E-state index contributed by atoms with van der Waals surface area (Å²) in [7, 11) is 0. The van der Waals surface area contributed by atoms with Crippen LogP contribution in [0.25, 0.3) is 0 Å². The molecule has 0 aliphatic heterocycles. The van der Waals surface area contributed by atoms with Gasteiger partial charge in [-0.1, -0.05) is 24.3 Å². The number of nitrogens with one attached hydrogen (secondary N) is 2. The highest BCUT2D eigenvalue weighted by Crippen LogP contribution is 2.16. The molecule has 3 rings (SSSR count). The van der Waals surface area contributed by atoms with Crippen LogP contribution < -0.4 is 15.4 Å². The second-order valence-electron chi connectivity index (χ2n) is 5.35. The quantitative estimate of drug-likeness (QED) is 0.672. The van der Waals surface area contributed by atoms with E-state index in [4.69, 9.17) is 4.74 Å². The second-order valence-corrected chi connectivity index (χ2v) is 5.35. The normalized spacial score (nSPS) is 10.0. The van der Waals surface area contributed by atoms with Gasteiger partial charge in [0.25, 0.3) is 11.8 Å². The number of amides is 2. The third-order valence-corrected chi connectivity index (χ3v) is 3.52. The summed E-state index contributed by atoms with van der Waals surface area (Å²) in [5, 5.41) is 5.43. The molecule has 0 saturated heterocycles. The van der Waals surface area contributed by atoms with Crippen LogP contribution in [0.2, 0.25) is 0 Å². The van der Waals surface area contributed by atoms with Gasteiger partial charge in [0.05, 0.1) is 0 Å². The van der Waals surface area contributed by atoms with Gasteiger partial charge >= 0.3 is 0 Å². The average molecular weight is 347 g/mol. The van der Waals surface area contributed by atoms with Crippen LogP contribution in [0.3, 0.4) is 0 Å². The number of nitrogens with zero attached hydrogens (tertiary/aromatic N) is 1. The van der Waals surface area contributed by atoms with E-state index >= 15 is 0 Å². The summed E-state index contributed by atoms with van der Waals surface area (Å²) < 4.78 is 5.47. The molecule has 6 nitrogen and oxygen atoms in total. The Balaban J connectivity index is 1.49. The number of hydrogen-bond acceptors (Lipinski definition) is 4. The van der Waals surface area contributed by atoms with E-state index in [1.807, 2.05) is 18.2 Å². The minimum atomic E-state index is -0.308. The summed E-state index contributed by atoms with van der Waals surface area (Å²) in [5.41, 5.74) is 1.57. The van der Waals surface area contributed by atoms with E-state index in [0.29, 0.717) is 22.7 Å². The maximum atomic E-state index is 12.1. The number of carbonyl (C=O) groups is 2. The van der Waals surface area contributed by atoms with Crippen molar-refractivity contribution in [1.82, 2.24) is 10.3 Å². The highest BCUT2D eigenvalue weighted by molar-refractivity contribution is 6.04. The third kappa shape index (κ3) is 4.67. The van der Waals surface area contributed by atoms with Gasteiger partial charge in [0.2, 0.25) is 0 Å². The van der Waals surface area contributed by atoms with Crippen molar-refractivity contribution >= 4 is 17.5 Å². The molecule has 1 aromatic heterocycles. The number of ether oxygens (including phenoxy) is 1. The summed E-state index contributed by atoms with van der Waals surface area (Å²) in [4.78, 5) is 27.9. The van der Waals surface area contributed by atoms with E-state index in [1.54, 1.807) is 60.8 Å². The number of carbonyl (C=O) groups excluding carboxylic acids is 2. The maximum Gasteiger partial charge on any atom is 0.272 e. The fourth-order valence-electron chi connectivity index (χ4n) is 2.20. The largest absolute Gasteiger partial charge is 0.473 e. The van der Waals surface area contributed by atoms with Crippen LogP contribution in [0, 0.1) is 0 Å². The van der Waals surface area contributed by atoms with Crippen LogP contribution in [0.15, 0.2) is 79.0 Å². The van der Waals surface area contributed by atoms with Crippen molar-refractivity contribution in [2.45, 2.75) is 0 Å². The van der Waals surface area contributed by atoms with Crippen LogP contribution in [-0.2, 0) is 0 Å². The first kappa shape index (κ1) is 17.2. The van der Waals surface area contributed by atoms with Gasteiger partial charge in [0, 0.05) is 17.4 Å². The van der Waals surface area contributed by atoms with Crippen molar-refractivity contribution in [3.05, 3.63) is 90.3 Å². The van der Waals surface area contributed by atoms with Gasteiger partial charge in [-0.2, -0.15) is 0 Å². The minimum absolute atomic E-state index is 0.0190. The molecule has 2 amide bonds. The van der Waals surface area contributed by atoms with Crippen LogP contribution >= 0.6 is 0 Å². The Labute approximate surface area is 150 Å². The molecular weight excluding hydrogens is 330 g/mol. The van der Waals surface area contributed by atoms with E-state index in [-0.39, 0.29) is 18.5 Å². The van der Waals surface area contributed by atoms with Gasteiger partial charge in [-0.25, -0.2) is 0 Å². The fraction of sp³-hybridized carbons (Fsp3) is 0.0500. The zero-order chi connectivity index (χ0) is 18.2. The zero-order valence-electron chi connectivity index (χ0n) is 13.9. The summed E-state index contributed by atoms with van der Waals surface area (Å²) in [6.45, 7) is 0.0190. The molecule has 6 heteroatoms. The summed E-state index contributed by atoms with van der Waals surface area (Å²) in [6, 6.07) is 21.0. The molecule has 0 spiro atoms. The molecule has 1 heterocycles. The van der Waals surface area contributed by atoms with E-state index in [1.165, 1.54) is 0 Å². The second kappa shape index (κ2) is 8.43. The number of anilines is 1. The first-order chi connectivity index (χ1) is 12.7. The lowest BCUT2D eigenvalue weighted by molar-refractivity contribution is 0.0913. The molecule has 0 saturated carbocycles. The molecule has 2 N–H and O–H groups in total. The summed E-state index contributed by atoms with van der Waals surface area (Å²) >= 11 is 0. The van der Waals surface area contributed by atoms with E-state index in [0.717, 1.165) is 0 Å². The predicted molar refractivity (Wildman–Crippen MR) is 98.0 cm³/mol. The number of rotatable bonds is 6. The van der Waals surface area contributed by atoms with Crippen molar-refractivity contribution in [2.24, 2.45) is 0 Å². The Kier molecular flexibility index (Phi) is 5.57. The third-order valence-electron chi connectivity index (χ3n) is 3.52. The lowest BCUT2D eigenvalue weighted by atomic mass is 10.2. The summed E-state index contributed by atoms with van der Waals surface area (Å²) in [5.74, 6) is 0.0864. The molecule has 3 aromatic rings. The lowest BCUT2D eigenvalue weighted by Crippen LogP contribution is -2.28. The van der Waals surface area contributed by atoms with Crippen molar-refractivity contribution in [3.8, 4) is 5.75 Å². The maximum absolute atomic E-state index is 12.1. The monoisotopic (exact) mass is 347 g/mol. The minimum Gasteiger partial charge on any atom is -0.473 e. The molecule has 0 radical (unpaired) electrons. The van der Waals surface area contributed by atoms with Crippen LogP contribution in [0.5, 0.6) is 5.75 Å². The van der Waals surface area contributed by atoms with Crippen molar-refractivity contribution in [3.63, 3.8) is 0 Å². The number of hydrogen-bond donors (Lipinski definition) is 2. The van der Waals surface area contributed by atoms with E-state index < -0.39 is 0 Å². The molecule has 26 heavy (non-hydrogen) atoms. The van der Waals surface area contributed by atoms with Crippen LogP contribution in [0.1, 0.15) is 20.8 Å². The van der Waals surface area contributed by atoms with Crippen LogP contribution in [0.4, 0.5) is 5.69 Å². The molecule has 0 aliphatic rings. The zero-order valence-corrected chi connectivity index (χ0v) is 13.9. The molecule has 130 valence electrons. The Hall–Kier alpha value is -3.67. The van der Waals surface area contributed by atoms with E-state index in [9.17, 15) is 9.59 Å². The van der Waals surface area contributed by atoms with Gasteiger partial charge in [-0.05, 0) is 48.5 Å². The Bertz CT molecular complexity index is 866. The van der Waals surface area contributed by atoms with Gasteiger partial charge in [-0.15, -0.1) is 0 Å². The standard InChI is InChI=1S/C20H17N3O3/c24-19(15-6-2-1-3-7-15)23-16-9-11-17(12-10-16)26-14-22-20(25)18-8-4-5-13-21-18/h1-13H,14H2,(H,22,25)(H,23,24). The predicted octanol–water partition coefficient (Wildman–Crippen LogP) is 3.10. The van der Waals surface area contributed by atoms with Crippen LogP contribution in [-0.4, -0.2) is 23.5 Å². The van der Waals surface area contributed by atoms with E-state index in [2.05, 4.69) is 15.6 Å². The highest BCUT2D eigenvalue weighted by atomic mass is 16.5. The van der Waals surface area contributed by atoms with Gasteiger partial charge in [0.15, 0.2) is 6.73 Å². The molecule has 0 aliphatic carbocycles. The molecular formula is C20H17N3O3. The number of pyridine rings is 1. The molecule has 0 atom stereocenters. The number of benzene rings is 2. The van der Waals surface area contributed by atoms with Crippen molar-refractivity contribution < 1.29 is 14.3 Å².